The fraction of sp³-hybridized carbons (Fsp3) is 0.308. The minimum atomic E-state index is 0.0411. The average molecular weight is 276 g/mol. The van der Waals surface area contributed by atoms with Crippen LogP contribution in [0, 0.1) is 0 Å². The molecule has 0 amide bonds. The van der Waals surface area contributed by atoms with E-state index in [0.717, 1.165) is 0 Å². The topological polar surface area (TPSA) is 92.4 Å². The standard InChI is InChI=1S/C13H16N4O3/c1-3-18-9-6-5-7-10(8-9)20-13-16-11(14)15-12(17-13)19-4-2/h5-8H,3-4H2,1-2H3,(H2,14,15,16,17). The van der Waals surface area contributed by atoms with Crippen molar-refractivity contribution in [2.45, 2.75) is 13.8 Å². The van der Waals surface area contributed by atoms with Crippen LogP contribution in [0.1, 0.15) is 13.8 Å². The number of anilines is 1. The Labute approximate surface area is 116 Å². The zero-order valence-electron chi connectivity index (χ0n) is 11.4. The van der Waals surface area contributed by atoms with Gasteiger partial charge in [-0.05, 0) is 26.0 Å². The summed E-state index contributed by atoms with van der Waals surface area (Å²) in [6.07, 6.45) is 0. The van der Waals surface area contributed by atoms with E-state index in [4.69, 9.17) is 19.9 Å². The molecule has 0 saturated heterocycles. The summed E-state index contributed by atoms with van der Waals surface area (Å²) in [5, 5.41) is 0. The molecule has 0 saturated carbocycles. The Balaban J connectivity index is 2.18. The number of rotatable bonds is 6. The van der Waals surface area contributed by atoms with Crippen LogP contribution < -0.4 is 19.9 Å². The van der Waals surface area contributed by atoms with E-state index in [1.165, 1.54) is 0 Å². The number of hydrogen-bond donors (Lipinski definition) is 1. The Bertz CT molecular complexity index is 577. The molecule has 0 aliphatic carbocycles. The smallest absolute Gasteiger partial charge is 0.330 e. The van der Waals surface area contributed by atoms with Gasteiger partial charge in [-0.15, -0.1) is 4.98 Å². The molecular formula is C13H16N4O3. The second-order valence-electron chi connectivity index (χ2n) is 3.70. The predicted molar refractivity (Wildman–Crippen MR) is 73.1 cm³/mol. The summed E-state index contributed by atoms with van der Waals surface area (Å²) >= 11 is 0. The van der Waals surface area contributed by atoms with Gasteiger partial charge < -0.3 is 19.9 Å². The zero-order chi connectivity index (χ0) is 14.4. The van der Waals surface area contributed by atoms with Gasteiger partial charge in [0.25, 0.3) is 0 Å². The van der Waals surface area contributed by atoms with Crippen LogP contribution in [0.3, 0.4) is 0 Å². The number of nitrogens with zero attached hydrogens (tertiary/aromatic N) is 3. The molecule has 1 heterocycles. The Morgan fingerprint density at radius 1 is 0.950 bits per heavy atom. The van der Waals surface area contributed by atoms with Crippen molar-refractivity contribution in [1.82, 2.24) is 15.0 Å². The molecule has 0 aliphatic heterocycles. The first kappa shape index (κ1) is 13.9. The molecule has 0 radical (unpaired) electrons. The van der Waals surface area contributed by atoms with Crippen LogP contribution in [-0.2, 0) is 0 Å². The molecule has 0 atom stereocenters. The Morgan fingerprint density at radius 3 is 2.40 bits per heavy atom. The van der Waals surface area contributed by atoms with Crippen LogP contribution in [0.25, 0.3) is 0 Å². The molecule has 0 bridgehead atoms. The van der Waals surface area contributed by atoms with Crippen LogP contribution in [0.15, 0.2) is 24.3 Å². The predicted octanol–water partition coefficient (Wildman–Crippen LogP) is 2.04. The van der Waals surface area contributed by atoms with Crippen molar-refractivity contribution >= 4 is 5.95 Å². The van der Waals surface area contributed by atoms with Gasteiger partial charge in [0.15, 0.2) is 0 Å². The van der Waals surface area contributed by atoms with Gasteiger partial charge in [0.05, 0.1) is 13.2 Å². The van der Waals surface area contributed by atoms with E-state index in [2.05, 4.69) is 15.0 Å². The van der Waals surface area contributed by atoms with Crippen molar-refractivity contribution in [2.24, 2.45) is 0 Å². The van der Waals surface area contributed by atoms with Crippen molar-refractivity contribution < 1.29 is 14.2 Å². The lowest BCUT2D eigenvalue weighted by atomic mass is 10.3. The lowest BCUT2D eigenvalue weighted by Crippen LogP contribution is -2.04. The summed E-state index contributed by atoms with van der Waals surface area (Å²) in [5.41, 5.74) is 5.57. The number of aromatic nitrogens is 3. The fourth-order valence-corrected chi connectivity index (χ4v) is 1.49. The minimum absolute atomic E-state index is 0.0411. The molecule has 0 unspecified atom stereocenters. The summed E-state index contributed by atoms with van der Waals surface area (Å²) in [4.78, 5) is 11.7. The van der Waals surface area contributed by atoms with E-state index in [1.807, 2.05) is 26.0 Å². The summed E-state index contributed by atoms with van der Waals surface area (Å²) in [7, 11) is 0. The highest BCUT2D eigenvalue weighted by Gasteiger charge is 2.08. The Kier molecular flexibility index (Phi) is 4.54. The summed E-state index contributed by atoms with van der Waals surface area (Å²) in [5.74, 6) is 1.29. The molecule has 1 aromatic carbocycles. The van der Waals surface area contributed by atoms with Gasteiger partial charge in [-0.25, -0.2) is 0 Å². The molecule has 2 rings (SSSR count). The molecule has 106 valence electrons. The summed E-state index contributed by atoms with van der Waals surface area (Å²) in [6, 6.07) is 7.37. The fourth-order valence-electron chi connectivity index (χ4n) is 1.49. The van der Waals surface area contributed by atoms with Gasteiger partial charge in [-0.2, -0.15) is 9.97 Å². The van der Waals surface area contributed by atoms with Crippen LogP contribution in [0.5, 0.6) is 23.5 Å². The minimum Gasteiger partial charge on any atom is -0.494 e. The molecule has 2 aromatic rings. The van der Waals surface area contributed by atoms with Crippen LogP contribution in [0.4, 0.5) is 5.95 Å². The lowest BCUT2D eigenvalue weighted by Gasteiger charge is -2.08. The monoisotopic (exact) mass is 276 g/mol. The SMILES string of the molecule is CCOc1cccc(Oc2nc(N)nc(OCC)n2)c1. The van der Waals surface area contributed by atoms with E-state index in [-0.39, 0.29) is 18.0 Å². The maximum atomic E-state index is 5.57. The molecule has 2 N–H and O–H groups in total. The molecule has 0 spiro atoms. The second-order valence-corrected chi connectivity index (χ2v) is 3.70. The van der Waals surface area contributed by atoms with Crippen molar-refractivity contribution in [2.75, 3.05) is 18.9 Å². The Morgan fingerprint density at radius 2 is 1.65 bits per heavy atom. The zero-order valence-corrected chi connectivity index (χ0v) is 11.4. The van der Waals surface area contributed by atoms with Crippen LogP contribution >= 0.6 is 0 Å². The number of nitrogen functional groups attached to an aromatic ring is 1. The van der Waals surface area contributed by atoms with Gasteiger partial charge in [0.2, 0.25) is 5.95 Å². The summed E-state index contributed by atoms with van der Waals surface area (Å²) in [6.45, 7) is 4.75. The first-order chi connectivity index (χ1) is 9.71. The highest BCUT2D eigenvalue weighted by molar-refractivity contribution is 5.35. The molecular weight excluding hydrogens is 260 g/mol. The number of nitrogens with two attached hydrogens (primary N) is 1. The number of hydrogen-bond acceptors (Lipinski definition) is 7. The third kappa shape index (κ3) is 3.71. The van der Waals surface area contributed by atoms with Gasteiger partial charge in [-0.1, -0.05) is 6.07 Å². The van der Waals surface area contributed by atoms with Crippen LogP contribution in [-0.4, -0.2) is 28.2 Å². The number of ether oxygens (including phenoxy) is 3. The van der Waals surface area contributed by atoms with E-state index < -0.39 is 0 Å². The number of benzene rings is 1. The van der Waals surface area contributed by atoms with E-state index in [1.54, 1.807) is 12.1 Å². The average Bonchev–Trinajstić information content (AvgIpc) is 2.39. The first-order valence-corrected chi connectivity index (χ1v) is 6.26. The van der Waals surface area contributed by atoms with Crippen molar-refractivity contribution in [3.05, 3.63) is 24.3 Å². The molecule has 20 heavy (non-hydrogen) atoms. The van der Waals surface area contributed by atoms with E-state index >= 15 is 0 Å². The van der Waals surface area contributed by atoms with E-state index in [9.17, 15) is 0 Å². The third-order valence-corrected chi connectivity index (χ3v) is 2.21. The highest BCUT2D eigenvalue weighted by Crippen LogP contribution is 2.24. The van der Waals surface area contributed by atoms with Crippen LogP contribution in [0.2, 0.25) is 0 Å². The lowest BCUT2D eigenvalue weighted by molar-refractivity contribution is 0.303. The van der Waals surface area contributed by atoms with Crippen molar-refractivity contribution in [3.63, 3.8) is 0 Å². The third-order valence-electron chi connectivity index (χ3n) is 2.21. The molecule has 7 nitrogen and oxygen atoms in total. The Hall–Kier alpha value is -2.57. The summed E-state index contributed by atoms with van der Waals surface area (Å²) < 4.78 is 16.1. The van der Waals surface area contributed by atoms with Gasteiger partial charge in [0.1, 0.15) is 11.5 Å². The maximum Gasteiger partial charge on any atom is 0.330 e. The normalized spacial score (nSPS) is 10.1. The highest BCUT2D eigenvalue weighted by atomic mass is 16.5. The maximum absolute atomic E-state index is 5.57. The molecule has 0 aliphatic rings. The second kappa shape index (κ2) is 6.55. The molecule has 1 aromatic heterocycles. The molecule has 7 heteroatoms. The van der Waals surface area contributed by atoms with Gasteiger partial charge in [-0.3, -0.25) is 0 Å². The first-order valence-electron chi connectivity index (χ1n) is 6.26. The molecule has 0 fully saturated rings. The largest absolute Gasteiger partial charge is 0.494 e. The van der Waals surface area contributed by atoms with Crippen molar-refractivity contribution in [3.8, 4) is 23.5 Å². The van der Waals surface area contributed by atoms with Gasteiger partial charge >= 0.3 is 12.0 Å². The van der Waals surface area contributed by atoms with Gasteiger partial charge in [0, 0.05) is 6.07 Å². The van der Waals surface area contributed by atoms with Crippen molar-refractivity contribution in [1.29, 1.82) is 0 Å². The van der Waals surface area contributed by atoms with E-state index in [0.29, 0.717) is 24.7 Å². The quantitative estimate of drug-likeness (QED) is 0.862.